The first kappa shape index (κ1) is 16.2. The van der Waals surface area contributed by atoms with Gasteiger partial charge in [-0.2, -0.15) is 4.99 Å². The van der Waals surface area contributed by atoms with Crippen molar-refractivity contribution < 1.29 is 19.1 Å². The molecule has 0 N–H and O–H groups in total. The van der Waals surface area contributed by atoms with Gasteiger partial charge in [0.1, 0.15) is 17.8 Å². The van der Waals surface area contributed by atoms with E-state index >= 15 is 0 Å². The number of thiazole rings is 1. The summed E-state index contributed by atoms with van der Waals surface area (Å²) in [7, 11) is 1.33. The van der Waals surface area contributed by atoms with Crippen molar-refractivity contribution in [1.29, 1.82) is 0 Å². The highest BCUT2D eigenvalue weighted by Gasteiger charge is 2.15. The number of esters is 1. The van der Waals surface area contributed by atoms with Gasteiger partial charge in [0, 0.05) is 6.42 Å². The van der Waals surface area contributed by atoms with E-state index in [1.165, 1.54) is 18.4 Å². The Hall–Kier alpha value is -2.15. The number of amides is 1. The number of benzene rings is 1. The van der Waals surface area contributed by atoms with E-state index < -0.39 is 5.97 Å². The van der Waals surface area contributed by atoms with Crippen molar-refractivity contribution in [3.63, 3.8) is 0 Å². The number of hydrogen-bond donors (Lipinski definition) is 0. The topological polar surface area (TPSA) is 69.9 Å². The molecule has 1 amide bonds. The summed E-state index contributed by atoms with van der Waals surface area (Å²) in [5.74, 6) is 0.0186. The van der Waals surface area contributed by atoms with Crippen LogP contribution in [-0.2, 0) is 20.9 Å². The third-order valence-corrected chi connectivity index (χ3v) is 4.05. The molecule has 0 radical (unpaired) electrons. The Morgan fingerprint density at radius 3 is 2.73 bits per heavy atom. The first-order valence-electron chi connectivity index (χ1n) is 7.00. The molecule has 118 valence electrons. The average molecular weight is 322 g/mol. The molecule has 0 saturated heterocycles. The van der Waals surface area contributed by atoms with E-state index in [4.69, 9.17) is 9.47 Å². The fraction of sp³-hybridized carbons (Fsp3) is 0.400. The first-order chi connectivity index (χ1) is 10.6. The lowest BCUT2D eigenvalue weighted by Crippen LogP contribution is -2.22. The second-order valence-corrected chi connectivity index (χ2v) is 5.45. The van der Waals surface area contributed by atoms with Gasteiger partial charge < -0.3 is 14.0 Å². The molecule has 0 atom stereocenters. The number of nitrogens with zero attached hydrogens (tertiary/aromatic N) is 2. The fourth-order valence-corrected chi connectivity index (χ4v) is 3.05. The highest BCUT2D eigenvalue weighted by atomic mass is 32.1. The van der Waals surface area contributed by atoms with Crippen LogP contribution in [0.4, 0.5) is 0 Å². The lowest BCUT2D eigenvalue weighted by Gasteiger charge is -2.08. The Balaban J connectivity index is 2.71. The van der Waals surface area contributed by atoms with Crippen LogP contribution in [0.3, 0.4) is 0 Å². The molecule has 0 aliphatic heterocycles. The molecule has 1 aromatic heterocycles. The molecule has 22 heavy (non-hydrogen) atoms. The summed E-state index contributed by atoms with van der Waals surface area (Å²) in [6.45, 7) is 4.13. The van der Waals surface area contributed by atoms with Crippen molar-refractivity contribution in [2.24, 2.45) is 4.99 Å². The maximum absolute atomic E-state index is 11.7. The molecule has 0 spiro atoms. The molecule has 0 aliphatic carbocycles. The van der Waals surface area contributed by atoms with Crippen molar-refractivity contribution in [2.75, 3.05) is 13.7 Å². The van der Waals surface area contributed by atoms with Crippen LogP contribution >= 0.6 is 11.3 Å². The van der Waals surface area contributed by atoms with E-state index in [0.717, 1.165) is 10.2 Å². The normalized spacial score (nSPS) is 11.7. The van der Waals surface area contributed by atoms with Crippen LogP contribution in [0.1, 0.15) is 20.3 Å². The molecule has 2 aromatic rings. The first-order valence-corrected chi connectivity index (χ1v) is 7.81. The number of rotatable bonds is 5. The monoisotopic (exact) mass is 322 g/mol. The lowest BCUT2D eigenvalue weighted by molar-refractivity contribution is -0.141. The van der Waals surface area contributed by atoms with E-state index in [-0.39, 0.29) is 12.5 Å². The van der Waals surface area contributed by atoms with Crippen LogP contribution < -0.4 is 9.54 Å². The maximum Gasteiger partial charge on any atom is 0.325 e. The Labute approximate surface area is 132 Å². The summed E-state index contributed by atoms with van der Waals surface area (Å²) < 4.78 is 12.9. The highest BCUT2D eigenvalue weighted by Crippen LogP contribution is 2.27. The SMILES string of the molecule is CCOc1cccc2sc(=NC(=O)CC)n(CC(=O)OC)c12. The van der Waals surface area contributed by atoms with Crippen LogP contribution in [-0.4, -0.2) is 30.2 Å². The Bertz CT molecular complexity index is 760. The van der Waals surface area contributed by atoms with Crippen LogP contribution in [0.25, 0.3) is 10.2 Å². The van der Waals surface area contributed by atoms with Gasteiger partial charge in [-0.3, -0.25) is 9.59 Å². The fourth-order valence-electron chi connectivity index (χ4n) is 1.98. The Morgan fingerprint density at radius 2 is 2.09 bits per heavy atom. The summed E-state index contributed by atoms with van der Waals surface area (Å²) >= 11 is 1.35. The largest absolute Gasteiger partial charge is 0.492 e. The number of carbonyl (C=O) groups is 2. The van der Waals surface area contributed by atoms with Gasteiger partial charge in [0.05, 0.1) is 18.4 Å². The molecule has 0 unspecified atom stereocenters. The van der Waals surface area contributed by atoms with Crippen molar-refractivity contribution in [3.05, 3.63) is 23.0 Å². The van der Waals surface area contributed by atoms with Crippen molar-refractivity contribution in [1.82, 2.24) is 4.57 Å². The van der Waals surface area contributed by atoms with E-state index in [0.29, 0.717) is 23.6 Å². The molecule has 6 nitrogen and oxygen atoms in total. The smallest absolute Gasteiger partial charge is 0.325 e. The maximum atomic E-state index is 11.7. The minimum atomic E-state index is -0.406. The molecule has 0 aliphatic rings. The van der Waals surface area contributed by atoms with E-state index in [2.05, 4.69) is 4.99 Å². The number of ether oxygens (including phenoxy) is 2. The third kappa shape index (κ3) is 3.36. The predicted molar refractivity (Wildman–Crippen MR) is 83.9 cm³/mol. The van der Waals surface area contributed by atoms with E-state index in [1.54, 1.807) is 11.5 Å². The van der Waals surface area contributed by atoms with E-state index in [9.17, 15) is 9.59 Å². The number of para-hydroxylation sites is 1. The van der Waals surface area contributed by atoms with Gasteiger partial charge in [0.25, 0.3) is 0 Å². The zero-order chi connectivity index (χ0) is 16.1. The molecule has 2 rings (SSSR count). The van der Waals surface area contributed by atoms with Crippen molar-refractivity contribution in [3.8, 4) is 5.75 Å². The summed E-state index contributed by atoms with van der Waals surface area (Å²) in [4.78, 5) is 27.9. The van der Waals surface area contributed by atoms with Gasteiger partial charge in [-0.15, -0.1) is 0 Å². The summed E-state index contributed by atoms with van der Waals surface area (Å²) in [5.41, 5.74) is 0.752. The molecule has 1 aromatic carbocycles. The lowest BCUT2D eigenvalue weighted by atomic mass is 10.3. The van der Waals surface area contributed by atoms with Gasteiger partial charge in [0.2, 0.25) is 5.91 Å². The van der Waals surface area contributed by atoms with Crippen LogP contribution in [0.2, 0.25) is 0 Å². The van der Waals surface area contributed by atoms with Crippen molar-refractivity contribution >= 4 is 33.4 Å². The highest BCUT2D eigenvalue weighted by molar-refractivity contribution is 7.16. The molecule has 0 saturated carbocycles. The quantitative estimate of drug-likeness (QED) is 0.791. The molecule has 7 heteroatoms. The number of fused-ring (bicyclic) bond motifs is 1. The minimum Gasteiger partial charge on any atom is -0.492 e. The van der Waals surface area contributed by atoms with Gasteiger partial charge >= 0.3 is 5.97 Å². The van der Waals surface area contributed by atoms with Gasteiger partial charge in [-0.1, -0.05) is 24.3 Å². The predicted octanol–water partition coefficient (Wildman–Crippen LogP) is 2.11. The standard InChI is InChI=1S/C15H18N2O4S/c1-4-12(18)16-15-17(9-13(19)20-3)14-10(21-5-2)7-6-8-11(14)22-15/h6-8H,4-5,9H2,1-3H3. The number of carbonyl (C=O) groups excluding carboxylic acids is 2. The Kier molecular flexibility index (Phi) is 5.32. The van der Waals surface area contributed by atoms with E-state index in [1.807, 2.05) is 25.1 Å². The zero-order valence-corrected chi connectivity index (χ0v) is 13.6. The number of hydrogen-bond acceptors (Lipinski definition) is 5. The second-order valence-electron chi connectivity index (χ2n) is 4.44. The summed E-state index contributed by atoms with van der Waals surface area (Å²) in [5, 5.41) is 0. The Morgan fingerprint density at radius 1 is 1.32 bits per heavy atom. The second kappa shape index (κ2) is 7.22. The van der Waals surface area contributed by atoms with Crippen molar-refractivity contribution in [2.45, 2.75) is 26.8 Å². The third-order valence-electron chi connectivity index (χ3n) is 3.00. The van der Waals surface area contributed by atoms with Crippen LogP contribution in [0.5, 0.6) is 5.75 Å². The molecule has 0 bridgehead atoms. The minimum absolute atomic E-state index is 0.0174. The van der Waals surface area contributed by atoms with Gasteiger partial charge in [0.15, 0.2) is 4.80 Å². The molecular formula is C15H18N2O4S. The number of methoxy groups -OCH3 is 1. The summed E-state index contributed by atoms with van der Waals surface area (Å²) in [6.07, 6.45) is 0.310. The van der Waals surface area contributed by atoms with Gasteiger partial charge in [-0.25, -0.2) is 0 Å². The van der Waals surface area contributed by atoms with Gasteiger partial charge in [-0.05, 0) is 19.1 Å². The molecular weight excluding hydrogens is 304 g/mol. The average Bonchev–Trinajstić information content (AvgIpc) is 2.85. The number of aromatic nitrogens is 1. The van der Waals surface area contributed by atoms with Crippen LogP contribution in [0.15, 0.2) is 23.2 Å². The molecule has 1 heterocycles. The van der Waals surface area contributed by atoms with Crippen LogP contribution in [0, 0.1) is 0 Å². The summed E-state index contributed by atoms with van der Waals surface area (Å²) in [6, 6.07) is 5.61. The zero-order valence-electron chi connectivity index (χ0n) is 12.8. The molecule has 0 fully saturated rings.